The third kappa shape index (κ3) is 1.82. The topological polar surface area (TPSA) is 70.3 Å². The van der Waals surface area contributed by atoms with Crippen LogP contribution in [0.25, 0.3) is 11.2 Å². The molecule has 0 unspecified atom stereocenters. The number of hydrogen-bond donors (Lipinski definition) is 2. The summed E-state index contributed by atoms with van der Waals surface area (Å²) in [7, 11) is 0. The molecule has 0 bridgehead atoms. The molecular formula is C9H12N5Se. The first-order valence-electron chi connectivity index (χ1n) is 4.89. The first-order valence-corrected chi connectivity index (χ1v) is 5.75. The van der Waals surface area contributed by atoms with Gasteiger partial charge >= 0.3 is 95.0 Å². The fourth-order valence-electron chi connectivity index (χ4n) is 1.45. The summed E-state index contributed by atoms with van der Waals surface area (Å²) in [5.41, 5.74) is 1.74. The zero-order valence-electron chi connectivity index (χ0n) is 8.45. The summed E-state index contributed by atoms with van der Waals surface area (Å²) in [5.74, 6) is 0. The number of aromatic amines is 1. The number of hydrogen-bond acceptors (Lipinski definition) is 3. The first-order chi connectivity index (χ1) is 7.24. The van der Waals surface area contributed by atoms with E-state index in [4.69, 9.17) is 5.41 Å². The van der Waals surface area contributed by atoms with Crippen LogP contribution in [-0.4, -0.2) is 35.5 Å². The van der Waals surface area contributed by atoms with Crippen molar-refractivity contribution in [2.45, 2.75) is 26.3 Å². The summed E-state index contributed by atoms with van der Waals surface area (Å²) in [6.07, 6.45) is 3.72. The van der Waals surface area contributed by atoms with Crippen molar-refractivity contribution in [2.24, 2.45) is 0 Å². The number of nitrogens with one attached hydrogen (secondary N) is 2. The van der Waals surface area contributed by atoms with Crippen LogP contribution in [0.1, 0.15) is 19.8 Å². The molecule has 2 rings (SSSR count). The second-order valence-corrected chi connectivity index (χ2v) is 4.12. The molecule has 0 saturated heterocycles. The van der Waals surface area contributed by atoms with Crippen molar-refractivity contribution in [3.8, 4) is 0 Å². The number of imidazole rings is 1. The van der Waals surface area contributed by atoms with Crippen LogP contribution in [0.5, 0.6) is 0 Å². The SMILES string of the molecule is CCCCn1c([Se])nc2nc[nH]c2c1=N. The molecule has 1 radical (unpaired) electrons. The molecule has 2 heterocycles. The van der Waals surface area contributed by atoms with E-state index in [0.29, 0.717) is 16.7 Å². The van der Waals surface area contributed by atoms with Gasteiger partial charge in [-0.05, 0) is 0 Å². The maximum absolute atomic E-state index is 8.01. The maximum atomic E-state index is 8.01. The van der Waals surface area contributed by atoms with Crippen molar-refractivity contribution in [3.63, 3.8) is 0 Å². The Bertz CT molecular complexity index is 527. The number of H-pyrrole nitrogens is 1. The van der Waals surface area contributed by atoms with Crippen LogP contribution in [-0.2, 0) is 6.54 Å². The first kappa shape index (κ1) is 10.4. The molecule has 0 aromatic carbocycles. The molecule has 0 saturated carbocycles. The Morgan fingerprint density at radius 3 is 3.13 bits per heavy atom. The van der Waals surface area contributed by atoms with Gasteiger partial charge in [-0.2, -0.15) is 0 Å². The van der Waals surface area contributed by atoms with Gasteiger partial charge in [0.25, 0.3) is 0 Å². The molecule has 0 aliphatic heterocycles. The number of nitrogens with zero attached hydrogens (tertiary/aromatic N) is 3. The third-order valence-electron chi connectivity index (χ3n) is 2.29. The summed E-state index contributed by atoms with van der Waals surface area (Å²) < 4.78 is 2.59. The Labute approximate surface area is 95.3 Å². The van der Waals surface area contributed by atoms with Crippen molar-refractivity contribution >= 4 is 31.9 Å². The van der Waals surface area contributed by atoms with Gasteiger partial charge in [0.05, 0.1) is 0 Å². The molecule has 2 N–H and O–H groups in total. The molecule has 6 heteroatoms. The zero-order valence-corrected chi connectivity index (χ0v) is 10.2. The van der Waals surface area contributed by atoms with Crippen LogP contribution in [0.2, 0.25) is 0 Å². The van der Waals surface area contributed by atoms with E-state index in [1.165, 1.54) is 0 Å². The zero-order chi connectivity index (χ0) is 10.8. The summed E-state index contributed by atoms with van der Waals surface area (Å²) in [4.78, 5) is 11.3. The van der Waals surface area contributed by atoms with Crippen LogP contribution >= 0.6 is 0 Å². The van der Waals surface area contributed by atoms with Gasteiger partial charge in [-0.15, -0.1) is 0 Å². The normalized spacial score (nSPS) is 11.0. The molecule has 0 spiro atoms. The van der Waals surface area contributed by atoms with Crippen LogP contribution in [0.15, 0.2) is 6.33 Å². The van der Waals surface area contributed by atoms with Gasteiger partial charge in [-0.25, -0.2) is 0 Å². The Balaban J connectivity index is 2.57. The Kier molecular flexibility index (Phi) is 2.88. The van der Waals surface area contributed by atoms with Crippen molar-refractivity contribution in [2.75, 3.05) is 0 Å². The van der Waals surface area contributed by atoms with Crippen molar-refractivity contribution in [1.82, 2.24) is 19.5 Å². The third-order valence-corrected chi connectivity index (χ3v) is 2.95. The fourth-order valence-corrected chi connectivity index (χ4v) is 2.02. The van der Waals surface area contributed by atoms with Crippen LogP contribution < -0.4 is 10.2 Å². The van der Waals surface area contributed by atoms with Gasteiger partial charge in [0.15, 0.2) is 0 Å². The Morgan fingerprint density at radius 2 is 2.40 bits per heavy atom. The summed E-state index contributed by atoms with van der Waals surface area (Å²) >= 11 is 2.88. The summed E-state index contributed by atoms with van der Waals surface area (Å²) in [6, 6.07) is 0. The van der Waals surface area contributed by atoms with Crippen molar-refractivity contribution in [3.05, 3.63) is 11.8 Å². The molecule has 5 nitrogen and oxygen atoms in total. The van der Waals surface area contributed by atoms with E-state index in [1.54, 1.807) is 6.33 Å². The molecular weight excluding hydrogens is 257 g/mol. The summed E-state index contributed by atoms with van der Waals surface area (Å²) in [6.45, 7) is 2.95. The van der Waals surface area contributed by atoms with Gasteiger partial charge in [0.2, 0.25) is 0 Å². The minimum absolute atomic E-state index is 0.444. The standard InChI is InChI=1S/C9H12N5Se/c1-2-3-4-14-7(10)6-8(12-5-11-6)13-9(14)15/h5,10H,2-4H2,1H3,(H,11,12). The monoisotopic (exact) mass is 270 g/mol. The fraction of sp³-hybridized carbons (Fsp3) is 0.444. The van der Waals surface area contributed by atoms with E-state index in [0.717, 1.165) is 24.1 Å². The average molecular weight is 269 g/mol. The van der Waals surface area contributed by atoms with Crippen LogP contribution in [0, 0.1) is 5.41 Å². The van der Waals surface area contributed by atoms with Crippen LogP contribution in [0.3, 0.4) is 0 Å². The average Bonchev–Trinajstić information content (AvgIpc) is 2.65. The molecule has 2 aromatic rings. The van der Waals surface area contributed by atoms with E-state index >= 15 is 0 Å². The molecule has 0 aliphatic carbocycles. The number of unbranched alkanes of at least 4 members (excludes halogenated alkanes) is 1. The molecule has 0 aliphatic rings. The number of rotatable bonds is 3. The van der Waals surface area contributed by atoms with Gasteiger partial charge in [0.1, 0.15) is 0 Å². The molecule has 0 amide bonds. The number of aromatic nitrogens is 4. The number of fused-ring (bicyclic) bond motifs is 1. The van der Waals surface area contributed by atoms with Crippen molar-refractivity contribution in [1.29, 1.82) is 5.41 Å². The molecule has 15 heavy (non-hydrogen) atoms. The van der Waals surface area contributed by atoms with Crippen molar-refractivity contribution < 1.29 is 0 Å². The van der Waals surface area contributed by atoms with Gasteiger partial charge in [0, 0.05) is 0 Å². The van der Waals surface area contributed by atoms with E-state index in [1.807, 2.05) is 4.57 Å². The molecule has 0 fully saturated rings. The Morgan fingerprint density at radius 1 is 1.60 bits per heavy atom. The summed E-state index contributed by atoms with van der Waals surface area (Å²) in [5, 5.41) is 8.01. The van der Waals surface area contributed by atoms with Gasteiger partial charge in [-0.3, -0.25) is 0 Å². The predicted octanol–water partition coefficient (Wildman–Crippen LogP) is -0.167. The second-order valence-electron chi connectivity index (χ2n) is 3.35. The molecule has 2 aromatic heterocycles. The van der Waals surface area contributed by atoms with E-state index in [2.05, 4.69) is 37.9 Å². The Hall–Kier alpha value is -1.13. The predicted molar refractivity (Wildman–Crippen MR) is 58.0 cm³/mol. The van der Waals surface area contributed by atoms with Crippen LogP contribution in [0.4, 0.5) is 0 Å². The quantitative estimate of drug-likeness (QED) is 0.760. The molecule has 79 valence electrons. The van der Waals surface area contributed by atoms with E-state index in [-0.39, 0.29) is 0 Å². The van der Waals surface area contributed by atoms with Gasteiger partial charge < -0.3 is 0 Å². The van der Waals surface area contributed by atoms with E-state index < -0.39 is 0 Å². The second kappa shape index (κ2) is 4.16. The van der Waals surface area contributed by atoms with Gasteiger partial charge in [-0.1, -0.05) is 0 Å². The van der Waals surface area contributed by atoms with E-state index in [9.17, 15) is 0 Å². The minimum atomic E-state index is 0.444. The molecule has 0 atom stereocenters.